The monoisotopic (exact) mass is 383 g/mol. The summed E-state index contributed by atoms with van der Waals surface area (Å²) in [6.45, 7) is 1.88. The third-order valence-electron chi connectivity index (χ3n) is 4.84. The van der Waals surface area contributed by atoms with Crippen LogP contribution in [0.5, 0.6) is 0 Å². The second-order valence-corrected chi connectivity index (χ2v) is 7.61. The number of thiophene rings is 1. The van der Waals surface area contributed by atoms with Crippen molar-refractivity contribution >= 4 is 17.2 Å². The summed E-state index contributed by atoms with van der Waals surface area (Å²) in [4.78, 5) is 31.9. The first-order valence-corrected chi connectivity index (χ1v) is 9.96. The average Bonchev–Trinajstić information content (AvgIpc) is 3.40. The van der Waals surface area contributed by atoms with Crippen molar-refractivity contribution in [1.29, 1.82) is 0 Å². The number of hydrogen-bond acceptors (Lipinski definition) is 5. The van der Waals surface area contributed by atoms with Crippen molar-refractivity contribution in [3.05, 3.63) is 58.7 Å². The molecule has 8 heteroatoms. The number of piperidine rings is 1. The van der Waals surface area contributed by atoms with E-state index in [0.29, 0.717) is 19.5 Å². The summed E-state index contributed by atoms with van der Waals surface area (Å²) in [5.74, 6) is 0.107. The van der Waals surface area contributed by atoms with Gasteiger partial charge >= 0.3 is 0 Å². The summed E-state index contributed by atoms with van der Waals surface area (Å²) >= 11 is 1.60. The molecule has 0 spiro atoms. The van der Waals surface area contributed by atoms with Crippen LogP contribution in [0.1, 0.15) is 25.3 Å². The van der Waals surface area contributed by atoms with Gasteiger partial charge in [-0.3, -0.25) is 9.59 Å². The van der Waals surface area contributed by atoms with Crippen molar-refractivity contribution in [3.63, 3.8) is 0 Å². The Labute approximate surface area is 160 Å². The first kappa shape index (κ1) is 17.7. The fraction of sp³-hybridized carbons (Fsp3) is 0.368. The van der Waals surface area contributed by atoms with Crippen LogP contribution in [0.2, 0.25) is 0 Å². The second-order valence-electron chi connectivity index (χ2n) is 6.66. The summed E-state index contributed by atoms with van der Waals surface area (Å²) in [7, 11) is 0. The Hall–Kier alpha value is -2.74. The van der Waals surface area contributed by atoms with E-state index in [9.17, 15) is 9.59 Å². The number of rotatable bonds is 5. The van der Waals surface area contributed by atoms with Crippen LogP contribution in [0.4, 0.5) is 0 Å². The van der Waals surface area contributed by atoms with Crippen LogP contribution in [-0.2, 0) is 11.3 Å². The molecule has 1 aliphatic rings. The van der Waals surface area contributed by atoms with Gasteiger partial charge < -0.3 is 9.47 Å². The van der Waals surface area contributed by atoms with Crippen LogP contribution in [0.3, 0.4) is 0 Å². The molecule has 0 unspecified atom stereocenters. The van der Waals surface area contributed by atoms with Gasteiger partial charge in [0.25, 0.3) is 5.56 Å². The van der Waals surface area contributed by atoms with Crippen LogP contribution in [0.15, 0.2) is 53.2 Å². The summed E-state index contributed by atoms with van der Waals surface area (Å²) in [5, 5.41) is 6.58. The topological polar surface area (TPSA) is 73.0 Å². The predicted molar refractivity (Wildman–Crippen MR) is 104 cm³/mol. The van der Waals surface area contributed by atoms with Crippen LogP contribution >= 0.6 is 11.3 Å². The van der Waals surface area contributed by atoms with Gasteiger partial charge in [0, 0.05) is 44.5 Å². The maximum absolute atomic E-state index is 12.6. The number of nitrogens with zero attached hydrogens (tertiary/aromatic N) is 5. The lowest BCUT2D eigenvalue weighted by molar-refractivity contribution is -0.133. The van der Waals surface area contributed by atoms with E-state index in [1.807, 2.05) is 33.2 Å². The Morgan fingerprint density at radius 3 is 3.00 bits per heavy atom. The third kappa shape index (κ3) is 4.00. The van der Waals surface area contributed by atoms with E-state index < -0.39 is 0 Å². The minimum absolute atomic E-state index is 0.0802. The van der Waals surface area contributed by atoms with Gasteiger partial charge in [-0.15, -0.1) is 11.3 Å². The highest BCUT2D eigenvalue weighted by molar-refractivity contribution is 7.13. The minimum Gasteiger partial charge on any atom is -0.340 e. The zero-order chi connectivity index (χ0) is 18.6. The SMILES string of the molecule is O=C(CCn1ccnc1)N1CCC[C@@H](n2nc(-c3cccs3)ccc2=O)C1. The molecule has 7 nitrogen and oxygen atoms in total. The molecule has 0 bridgehead atoms. The fourth-order valence-corrected chi connectivity index (χ4v) is 4.12. The van der Waals surface area contributed by atoms with Crippen LogP contribution in [0.25, 0.3) is 10.6 Å². The minimum atomic E-state index is -0.118. The average molecular weight is 383 g/mol. The van der Waals surface area contributed by atoms with E-state index in [1.54, 1.807) is 40.7 Å². The molecule has 0 saturated carbocycles. The standard InChI is InChI=1S/C19H21N5O2S/c25-18(7-10-22-11-8-20-14-22)23-9-1-3-15(13-23)24-19(26)6-5-16(21-24)17-4-2-12-27-17/h2,4-6,8,11-12,14-15H,1,3,7,9-10,13H2/t15-/m1/s1. The maximum atomic E-state index is 12.6. The molecule has 140 valence electrons. The number of likely N-dealkylation sites (tertiary alicyclic amines) is 1. The molecule has 4 rings (SSSR count). The van der Waals surface area contributed by atoms with Crippen molar-refractivity contribution < 1.29 is 4.79 Å². The van der Waals surface area contributed by atoms with E-state index in [4.69, 9.17) is 0 Å². The molecule has 1 aliphatic heterocycles. The molecule has 1 fully saturated rings. The molecular formula is C19H21N5O2S. The highest BCUT2D eigenvalue weighted by atomic mass is 32.1. The maximum Gasteiger partial charge on any atom is 0.267 e. The lowest BCUT2D eigenvalue weighted by Gasteiger charge is -2.33. The number of carbonyl (C=O) groups excluding carboxylic acids is 1. The Kier molecular flexibility index (Phi) is 5.15. The molecule has 3 aromatic rings. The zero-order valence-electron chi connectivity index (χ0n) is 14.9. The number of carbonyl (C=O) groups is 1. The van der Waals surface area contributed by atoms with Gasteiger partial charge in [0.15, 0.2) is 0 Å². The molecule has 4 heterocycles. The number of aromatic nitrogens is 4. The van der Waals surface area contributed by atoms with E-state index in [-0.39, 0.29) is 17.5 Å². The number of aryl methyl sites for hydroxylation is 1. The fourth-order valence-electron chi connectivity index (χ4n) is 3.43. The summed E-state index contributed by atoms with van der Waals surface area (Å²) in [6, 6.07) is 7.22. The molecule has 1 atom stereocenters. The van der Waals surface area contributed by atoms with Gasteiger partial charge in [-0.2, -0.15) is 5.10 Å². The quantitative estimate of drug-likeness (QED) is 0.678. The van der Waals surface area contributed by atoms with Crippen LogP contribution in [-0.4, -0.2) is 43.2 Å². The molecule has 0 aliphatic carbocycles. The van der Waals surface area contributed by atoms with E-state index in [1.165, 1.54) is 0 Å². The summed E-state index contributed by atoms with van der Waals surface area (Å²) in [5.41, 5.74) is 0.682. The highest BCUT2D eigenvalue weighted by Crippen LogP contribution is 2.24. The molecule has 0 N–H and O–H groups in total. The largest absolute Gasteiger partial charge is 0.340 e. The normalized spacial score (nSPS) is 17.2. The van der Waals surface area contributed by atoms with E-state index >= 15 is 0 Å². The van der Waals surface area contributed by atoms with Gasteiger partial charge in [-0.05, 0) is 30.4 Å². The number of imidazole rings is 1. The Bertz CT molecular complexity index is 949. The zero-order valence-corrected chi connectivity index (χ0v) is 15.7. The van der Waals surface area contributed by atoms with Crippen molar-refractivity contribution in [2.75, 3.05) is 13.1 Å². The molecule has 27 heavy (non-hydrogen) atoms. The van der Waals surface area contributed by atoms with Gasteiger partial charge in [0.2, 0.25) is 5.91 Å². The highest BCUT2D eigenvalue weighted by Gasteiger charge is 2.26. The lowest BCUT2D eigenvalue weighted by Crippen LogP contribution is -2.43. The smallest absolute Gasteiger partial charge is 0.267 e. The summed E-state index contributed by atoms with van der Waals surface area (Å²) < 4.78 is 3.46. The van der Waals surface area contributed by atoms with Crippen molar-refractivity contribution in [3.8, 4) is 10.6 Å². The number of amides is 1. The van der Waals surface area contributed by atoms with E-state index in [0.717, 1.165) is 30.0 Å². The van der Waals surface area contributed by atoms with Crippen molar-refractivity contribution in [2.45, 2.75) is 31.8 Å². The molecule has 1 amide bonds. The molecule has 0 radical (unpaired) electrons. The first-order chi connectivity index (χ1) is 13.2. The molecule has 1 saturated heterocycles. The molecular weight excluding hydrogens is 362 g/mol. The Morgan fingerprint density at radius 2 is 2.22 bits per heavy atom. The predicted octanol–water partition coefficient (Wildman–Crippen LogP) is 2.42. The van der Waals surface area contributed by atoms with Gasteiger partial charge in [-0.25, -0.2) is 9.67 Å². The van der Waals surface area contributed by atoms with Crippen molar-refractivity contribution in [1.82, 2.24) is 24.2 Å². The van der Waals surface area contributed by atoms with Crippen LogP contribution in [0, 0.1) is 0 Å². The third-order valence-corrected chi connectivity index (χ3v) is 5.73. The van der Waals surface area contributed by atoms with E-state index in [2.05, 4.69) is 10.1 Å². The summed E-state index contributed by atoms with van der Waals surface area (Å²) in [6.07, 6.45) is 7.43. The van der Waals surface area contributed by atoms with Gasteiger partial charge in [0.1, 0.15) is 5.69 Å². The van der Waals surface area contributed by atoms with Crippen molar-refractivity contribution in [2.24, 2.45) is 0 Å². The molecule has 0 aromatic carbocycles. The van der Waals surface area contributed by atoms with Gasteiger partial charge in [0.05, 0.1) is 17.2 Å². The number of hydrogen-bond donors (Lipinski definition) is 0. The van der Waals surface area contributed by atoms with Gasteiger partial charge in [-0.1, -0.05) is 6.07 Å². The second kappa shape index (κ2) is 7.87. The lowest BCUT2D eigenvalue weighted by atomic mass is 10.1. The Morgan fingerprint density at radius 1 is 1.30 bits per heavy atom. The molecule has 3 aromatic heterocycles. The first-order valence-electron chi connectivity index (χ1n) is 9.08. The Balaban J connectivity index is 1.47. The van der Waals surface area contributed by atoms with Crippen LogP contribution < -0.4 is 5.56 Å².